The van der Waals surface area contributed by atoms with E-state index in [9.17, 15) is 4.79 Å². The van der Waals surface area contributed by atoms with Crippen LogP contribution in [0.2, 0.25) is 4.47 Å². The molecule has 0 saturated carbocycles. The molecule has 0 fully saturated rings. The van der Waals surface area contributed by atoms with E-state index < -0.39 is 0 Å². The van der Waals surface area contributed by atoms with Crippen LogP contribution in [-0.2, 0) is 16.0 Å². The van der Waals surface area contributed by atoms with Crippen molar-refractivity contribution in [2.24, 2.45) is 0 Å². The first kappa shape index (κ1) is 13.1. The number of thiazole rings is 1. The fourth-order valence-electron chi connectivity index (χ4n) is 1.63. The summed E-state index contributed by atoms with van der Waals surface area (Å²) in [6.45, 7) is 0. The summed E-state index contributed by atoms with van der Waals surface area (Å²) in [5.41, 5.74) is 1.87. The summed E-state index contributed by atoms with van der Waals surface area (Å²) in [5.74, 6) is -0.224. The van der Waals surface area contributed by atoms with Gasteiger partial charge in [-0.1, -0.05) is 41.9 Å². The van der Waals surface area contributed by atoms with Crippen molar-refractivity contribution >= 4 is 28.9 Å². The summed E-state index contributed by atoms with van der Waals surface area (Å²) in [4.78, 5) is 16.5. The van der Waals surface area contributed by atoms with Gasteiger partial charge in [0, 0.05) is 10.4 Å². The fourth-order valence-corrected chi connectivity index (χ4v) is 2.80. The largest absolute Gasteiger partial charge is 0.469 e. The van der Waals surface area contributed by atoms with E-state index in [-0.39, 0.29) is 5.97 Å². The summed E-state index contributed by atoms with van der Waals surface area (Å²) in [6, 6.07) is 9.81. The summed E-state index contributed by atoms with van der Waals surface area (Å²) < 4.78 is 5.13. The molecular weight excluding hydrogens is 270 g/mol. The van der Waals surface area contributed by atoms with E-state index in [2.05, 4.69) is 9.72 Å². The molecule has 18 heavy (non-hydrogen) atoms. The lowest BCUT2D eigenvalue weighted by Gasteiger charge is -2.01. The number of rotatable bonds is 4. The van der Waals surface area contributed by atoms with E-state index in [0.717, 1.165) is 16.1 Å². The number of nitrogens with zero attached hydrogens (tertiary/aromatic N) is 1. The smallest absolute Gasteiger partial charge is 0.305 e. The number of hydrogen-bond acceptors (Lipinski definition) is 4. The summed E-state index contributed by atoms with van der Waals surface area (Å²) >= 11 is 7.36. The second-order valence-corrected chi connectivity index (χ2v) is 5.35. The van der Waals surface area contributed by atoms with Gasteiger partial charge in [-0.15, -0.1) is 11.3 Å². The third kappa shape index (κ3) is 3.09. The molecular formula is C13H12ClNO2S. The molecule has 0 spiro atoms. The monoisotopic (exact) mass is 281 g/mol. The van der Waals surface area contributed by atoms with Crippen molar-refractivity contribution < 1.29 is 9.53 Å². The lowest BCUT2D eigenvalue weighted by atomic mass is 10.1. The maximum atomic E-state index is 11.2. The second kappa shape index (κ2) is 5.98. The summed E-state index contributed by atoms with van der Waals surface area (Å²) in [7, 11) is 1.39. The predicted molar refractivity (Wildman–Crippen MR) is 72.9 cm³/mol. The van der Waals surface area contributed by atoms with E-state index in [1.807, 2.05) is 30.3 Å². The number of carbonyl (C=O) groups is 1. The number of halogens is 1. The van der Waals surface area contributed by atoms with Crippen LogP contribution < -0.4 is 0 Å². The Bertz CT molecular complexity index is 539. The van der Waals surface area contributed by atoms with E-state index in [0.29, 0.717) is 17.3 Å². The van der Waals surface area contributed by atoms with Gasteiger partial charge in [-0.3, -0.25) is 4.79 Å². The Morgan fingerprint density at radius 3 is 2.78 bits per heavy atom. The van der Waals surface area contributed by atoms with E-state index >= 15 is 0 Å². The molecule has 5 heteroatoms. The third-order valence-electron chi connectivity index (χ3n) is 2.50. The van der Waals surface area contributed by atoms with Crippen LogP contribution in [0.1, 0.15) is 11.3 Å². The van der Waals surface area contributed by atoms with Gasteiger partial charge in [0.2, 0.25) is 0 Å². The zero-order valence-electron chi connectivity index (χ0n) is 9.85. The van der Waals surface area contributed by atoms with Crippen LogP contribution in [0.25, 0.3) is 11.3 Å². The van der Waals surface area contributed by atoms with E-state index in [1.165, 1.54) is 18.4 Å². The lowest BCUT2D eigenvalue weighted by Crippen LogP contribution is -2.01. The maximum Gasteiger partial charge on any atom is 0.305 e. The Labute approximate surface area is 114 Å². The van der Waals surface area contributed by atoms with Crippen molar-refractivity contribution in [3.8, 4) is 11.3 Å². The quantitative estimate of drug-likeness (QED) is 0.804. The highest BCUT2D eigenvalue weighted by Gasteiger charge is 2.13. The minimum absolute atomic E-state index is 0.224. The average molecular weight is 282 g/mol. The zero-order chi connectivity index (χ0) is 13.0. The van der Waals surface area contributed by atoms with Crippen molar-refractivity contribution in [3.63, 3.8) is 0 Å². The third-order valence-corrected chi connectivity index (χ3v) is 3.72. The first-order valence-electron chi connectivity index (χ1n) is 5.48. The molecule has 2 aromatic rings. The number of carbonyl (C=O) groups excluding carboxylic acids is 1. The van der Waals surface area contributed by atoms with Crippen LogP contribution in [0.3, 0.4) is 0 Å². The van der Waals surface area contributed by atoms with Crippen LogP contribution in [0, 0.1) is 0 Å². The molecule has 94 valence electrons. The molecule has 1 aromatic heterocycles. The highest BCUT2D eigenvalue weighted by Crippen LogP contribution is 2.31. The van der Waals surface area contributed by atoms with Gasteiger partial charge in [-0.05, 0) is 6.42 Å². The summed E-state index contributed by atoms with van der Waals surface area (Å²) in [5, 5.41) is 0. The van der Waals surface area contributed by atoms with Gasteiger partial charge >= 0.3 is 5.97 Å². The molecule has 0 N–H and O–H groups in total. The SMILES string of the molecule is COC(=O)CCc1sc(Cl)nc1-c1ccccc1. The lowest BCUT2D eigenvalue weighted by molar-refractivity contribution is -0.140. The van der Waals surface area contributed by atoms with Gasteiger partial charge < -0.3 is 4.74 Å². The highest BCUT2D eigenvalue weighted by molar-refractivity contribution is 7.16. The molecule has 0 aliphatic heterocycles. The molecule has 0 unspecified atom stereocenters. The Hall–Kier alpha value is -1.39. The van der Waals surface area contributed by atoms with Gasteiger partial charge in [0.05, 0.1) is 19.2 Å². The van der Waals surface area contributed by atoms with Crippen molar-refractivity contribution in [1.29, 1.82) is 0 Å². The number of benzene rings is 1. The van der Waals surface area contributed by atoms with Crippen molar-refractivity contribution in [2.75, 3.05) is 7.11 Å². The van der Waals surface area contributed by atoms with Crippen LogP contribution in [0.4, 0.5) is 0 Å². The molecule has 1 heterocycles. The van der Waals surface area contributed by atoms with Crippen LogP contribution >= 0.6 is 22.9 Å². The molecule has 3 nitrogen and oxygen atoms in total. The number of aromatic nitrogens is 1. The van der Waals surface area contributed by atoms with Gasteiger partial charge in [0.1, 0.15) is 0 Å². The van der Waals surface area contributed by atoms with Crippen LogP contribution in [0.5, 0.6) is 0 Å². The predicted octanol–water partition coefficient (Wildman–Crippen LogP) is 3.57. The summed E-state index contributed by atoms with van der Waals surface area (Å²) in [6.07, 6.45) is 0.941. The maximum absolute atomic E-state index is 11.2. The molecule has 0 saturated heterocycles. The fraction of sp³-hybridized carbons (Fsp3) is 0.231. The topological polar surface area (TPSA) is 39.2 Å². The number of esters is 1. The highest BCUT2D eigenvalue weighted by atomic mass is 35.5. The molecule has 0 aliphatic rings. The standard InChI is InChI=1S/C13H12ClNO2S/c1-17-11(16)8-7-10-12(15-13(14)18-10)9-5-3-2-4-6-9/h2-6H,7-8H2,1H3. The first-order chi connectivity index (χ1) is 8.70. The van der Waals surface area contributed by atoms with E-state index in [4.69, 9.17) is 11.6 Å². The van der Waals surface area contributed by atoms with Gasteiger partial charge in [0.15, 0.2) is 4.47 Å². The Balaban J connectivity index is 2.23. The van der Waals surface area contributed by atoms with Crippen molar-refractivity contribution in [3.05, 3.63) is 39.7 Å². The molecule has 0 atom stereocenters. The van der Waals surface area contributed by atoms with Crippen molar-refractivity contribution in [2.45, 2.75) is 12.8 Å². The minimum atomic E-state index is -0.224. The molecule has 0 radical (unpaired) electrons. The van der Waals surface area contributed by atoms with Gasteiger partial charge in [-0.25, -0.2) is 4.98 Å². The first-order valence-corrected chi connectivity index (χ1v) is 6.67. The molecule has 0 amide bonds. The number of aryl methyl sites for hydroxylation is 1. The Morgan fingerprint density at radius 1 is 1.39 bits per heavy atom. The zero-order valence-corrected chi connectivity index (χ0v) is 11.4. The van der Waals surface area contributed by atoms with E-state index in [1.54, 1.807) is 0 Å². The average Bonchev–Trinajstić information content (AvgIpc) is 2.78. The number of hydrogen-bond donors (Lipinski definition) is 0. The number of ether oxygens (including phenoxy) is 1. The Kier molecular flexibility index (Phi) is 4.33. The van der Waals surface area contributed by atoms with Crippen LogP contribution in [0.15, 0.2) is 30.3 Å². The van der Waals surface area contributed by atoms with Crippen molar-refractivity contribution in [1.82, 2.24) is 4.98 Å². The molecule has 0 aliphatic carbocycles. The molecule has 0 bridgehead atoms. The van der Waals surface area contributed by atoms with Gasteiger partial charge in [-0.2, -0.15) is 0 Å². The van der Waals surface area contributed by atoms with Crippen LogP contribution in [-0.4, -0.2) is 18.1 Å². The second-order valence-electron chi connectivity index (χ2n) is 3.68. The molecule has 1 aromatic carbocycles. The molecule has 2 rings (SSSR count). The number of methoxy groups -OCH3 is 1. The normalized spacial score (nSPS) is 10.3. The Morgan fingerprint density at radius 2 is 2.11 bits per heavy atom. The van der Waals surface area contributed by atoms with Gasteiger partial charge in [0.25, 0.3) is 0 Å². The minimum Gasteiger partial charge on any atom is -0.469 e.